The molecule has 0 N–H and O–H groups in total. The molecule has 0 atom stereocenters. The number of pyridine rings is 1. The van der Waals surface area contributed by atoms with Gasteiger partial charge in [-0.05, 0) is 31.2 Å². The molecule has 0 amide bonds. The minimum atomic E-state index is -1.26. The summed E-state index contributed by atoms with van der Waals surface area (Å²) in [6, 6.07) is 5.28. The highest BCUT2D eigenvalue weighted by atomic mass is 35.5. The molecule has 5 nitrogen and oxygen atoms in total. The Morgan fingerprint density at radius 3 is 2.81 bits per heavy atom. The molecule has 0 saturated heterocycles. The number of carbonyl (C=O) groups excluding carboxylic acids is 1. The number of hydrogen-bond acceptors (Lipinski definition) is 4. The van der Waals surface area contributed by atoms with Crippen LogP contribution in [-0.4, -0.2) is 17.1 Å². The van der Waals surface area contributed by atoms with Gasteiger partial charge in [-0.3, -0.25) is 4.79 Å². The minimum absolute atomic E-state index is 0.0108. The van der Waals surface area contributed by atoms with Crippen LogP contribution in [0.3, 0.4) is 0 Å². The number of halogens is 3. The van der Waals surface area contributed by atoms with Crippen LogP contribution in [0.15, 0.2) is 35.3 Å². The number of fused-ring (bicyclic) bond motifs is 2. The van der Waals surface area contributed by atoms with Crippen LogP contribution in [0, 0.1) is 11.6 Å². The van der Waals surface area contributed by atoms with E-state index >= 15 is 0 Å². The lowest BCUT2D eigenvalue weighted by Crippen LogP contribution is -2.22. The molecule has 0 spiro atoms. The lowest BCUT2D eigenvalue weighted by atomic mass is 10.1. The van der Waals surface area contributed by atoms with Gasteiger partial charge in [-0.2, -0.15) is 4.39 Å². The van der Waals surface area contributed by atoms with E-state index in [0.717, 1.165) is 6.07 Å². The molecule has 8 heteroatoms. The van der Waals surface area contributed by atoms with E-state index in [4.69, 9.17) is 21.1 Å². The number of ether oxygens (including phenoxy) is 2. The Labute approximate surface area is 150 Å². The zero-order valence-corrected chi connectivity index (χ0v) is 14.1. The predicted molar refractivity (Wildman–Crippen MR) is 90.5 cm³/mol. The number of hydrogen-bond donors (Lipinski definition) is 0. The number of rotatable bonds is 2. The van der Waals surface area contributed by atoms with Crippen LogP contribution in [0.2, 0.25) is 5.02 Å². The zero-order chi connectivity index (χ0) is 18.6. The summed E-state index contributed by atoms with van der Waals surface area (Å²) in [4.78, 5) is 24.8. The van der Waals surface area contributed by atoms with Crippen LogP contribution in [0.4, 0.5) is 8.78 Å². The SMILES string of the molecule is CCOC(=O)c1cn2c3c(c(F)c(F)cc3c1=O)Oc1ccc(Cl)cc1-2. The summed E-state index contributed by atoms with van der Waals surface area (Å²) >= 11 is 6.02. The quantitative estimate of drug-likeness (QED) is 0.491. The zero-order valence-electron chi connectivity index (χ0n) is 13.3. The molecule has 0 saturated carbocycles. The van der Waals surface area contributed by atoms with Gasteiger partial charge in [-0.15, -0.1) is 0 Å². The molecule has 0 fully saturated rings. The average Bonchev–Trinajstić information content (AvgIpc) is 2.61. The van der Waals surface area contributed by atoms with E-state index in [0.29, 0.717) is 10.7 Å². The molecule has 0 aliphatic carbocycles. The van der Waals surface area contributed by atoms with Gasteiger partial charge < -0.3 is 14.0 Å². The van der Waals surface area contributed by atoms with Gasteiger partial charge >= 0.3 is 5.97 Å². The van der Waals surface area contributed by atoms with Crippen molar-refractivity contribution < 1.29 is 23.0 Å². The van der Waals surface area contributed by atoms with Crippen molar-refractivity contribution in [3.05, 3.63) is 62.9 Å². The fourth-order valence-corrected chi connectivity index (χ4v) is 3.08. The third-order valence-corrected chi connectivity index (χ3v) is 4.26. The van der Waals surface area contributed by atoms with Gasteiger partial charge in [-0.1, -0.05) is 11.6 Å². The van der Waals surface area contributed by atoms with Crippen LogP contribution >= 0.6 is 11.6 Å². The number of aromatic nitrogens is 1. The monoisotopic (exact) mass is 377 g/mol. The fourth-order valence-electron chi connectivity index (χ4n) is 2.92. The van der Waals surface area contributed by atoms with E-state index in [2.05, 4.69) is 0 Å². The lowest BCUT2D eigenvalue weighted by Gasteiger charge is -2.24. The Kier molecular flexibility index (Phi) is 3.69. The van der Waals surface area contributed by atoms with E-state index in [1.807, 2.05) is 0 Å². The third kappa shape index (κ3) is 2.28. The van der Waals surface area contributed by atoms with Gasteiger partial charge in [0, 0.05) is 11.2 Å². The first-order valence-electron chi connectivity index (χ1n) is 7.64. The first-order chi connectivity index (χ1) is 12.4. The fraction of sp³-hybridized carbons (Fsp3) is 0.111. The van der Waals surface area contributed by atoms with Crippen molar-refractivity contribution in [1.29, 1.82) is 0 Å². The number of nitrogens with zero attached hydrogens (tertiary/aromatic N) is 1. The standard InChI is InChI=1S/C18H10ClF2NO4/c1-2-25-18(24)10-7-22-12-5-8(19)3-4-13(12)26-17-14(21)11(20)6-9(15(17)22)16(10)23/h3-7H,2H2,1H3. The topological polar surface area (TPSA) is 57.5 Å². The van der Waals surface area contributed by atoms with Crippen LogP contribution in [-0.2, 0) is 4.74 Å². The van der Waals surface area contributed by atoms with Gasteiger partial charge in [0.2, 0.25) is 11.2 Å². The third-order valence-electron chi connectivity index (χ3n) is 4.03. The highest BCUT2D eigenvalue weighted by Crippen LogP contribution is 2.42. The summed E-state index contributed by atoms with van der Waals surface area (Å²) in [6.07, 6.45) is 1.22. The van der Waals surface area contributed by atoms with Crippen molar-refractivity contribution in [2.45, 2.75) is 6.92 Å². The maximum Gasteiger partial charge on any atom is 0.343 e. The summed E-state index contributed by atoms with van der Waals surface area (Å²) in [6.45, 7) is 1.65. The van der Waals surface area contributed by atoms with Crippen molar-refractivity contribution in [3.63, 3.8) is 0 Å². The molecule has 0 bridgehead atoms. The Bertz CT molecular complexity index is 1160. The molecule has 2 aromatic carbocycles. The lowest BCUT2D eigenvalue weighted by molar-refractivity contribution is 0.0524. The smallest absolute Gasteiger partial charge is 0.343 e. The highest BCUT2D eigenvalue weighted by Gasteiger charge is 2.29. The van der Waals surface area contributed by atoms with Crippen LogP contribution < -0.4 is 10.2 Å². The van der Waals surface area contributed by atoms with Crippen LogP contribution in [0.1, 0.15) is 17.3 Å². The first-order valence-corrected chi connectivity index (χ1v) is 8.02. The van der Waals surface area contributed by atoms with Crippen LogP contribution in [0.25, 0.3) is 16.6 Å². The Morgan fingerprint density at radius 2 is 2.08 bits per heavy atom. The average molecular weight is 378 g/mol. The van der Waals surface area contributed by atoms with Crippen LogP contribution in [0.5, 0.6) is 11.5 Å². The first kappa shape index (κ1) is 16.5. The Hall–Kier alpha value is -2.93. The summed E-state index contributed by atoms with van der Waals surface area (Å²) < 4.78 is 40.1. The molecule has 0 unspecified atom stereocenters. The second-order valence-electron chi connectivity index (χ2n) is 5.57. The second-order valence-corrected chi connectivity index (χ2v) is 6.01. The van der Waals surface area contributed by atoms with Gasteiger partial charge in [0.15, 0.2) is 17.3 Å². The largest absolute Gasteiger partial charge is 0.462 e. The van der Waals surface area contributed by atoms with Gasteiger partial charge in [0.25, 0.3) is 0 Å². The summed E-state index contributed by atoms with van der Waals surface area (Å²) in [5, 5.41) is 0.165. The maximum atomic E-state index is 14.3. The molecule has 3 aromatic rings. The molecular formula is C18H10ClF2NO4. The minimum Gasteiger partial charge on any atom is -0.462 e. The molecule has 1 aromatic heterocycles. The van der Waals surface area contributed by atoms with Crippen molar-refractivity contribution in [3.8, 4) is 17.2 Å². The van der Waals surface area contributed by atoms with Crippen molar-refractivity contribution in [2.24, 2.45) is 0 Å². The molecule has 132 valence electrons. The van der Waals surface area contributed by atoms with Gasteiger partial charge in [0.1, 0.15) is 11.1 Å². The Morgan fingerprint density at radius 1 is 1.31 bits per heavy atom. The van der Waals surface area contributed by atoms with E-state index in [1.165, 1.54) is 29.0 Å². The maximum absolute atomic E-state index is 14.3. The van der Waals surface area contributed by atoms with E-state index in [9.17, 15) is 18.4 Å². The molecule has 4 rings (SSSR count). The highest BCUT2D eigenvalue weighted by molar-refractivity contribution is 6.30. The molecule has 2 heterocycles. The van der Waals surface area contributed by atoms with Crippen molar-refractivity contribution >= 4 is 28.5 Å². The van der Waals surface area contributed by atoms with Gasteiger partial charge in [0.05, 0.1) is 17.7 Å². The molecule has 26 heavy (non-hydrogen) atoms. The normalized spacial score (nSPS) is 11.8. The summed E-state index contributed by atoms with van der Waals surface area (Å²) in [5.41, 5.74) is -0.684. The number of benzene rings is 2. The predicted octanol–water partition coefficient (Wildman–Crippen LogP) is 4.20. The molecule has 0 radical (unpaired) electrons. The van der Waals surface area contributed by atoms with Crippen molar-refractivity contribution in [2.75, 3.05) is 6.61 Å². The number of carbonyl (C=O) groups is 1. The van der Waals surface area contributed by atoms with E-state index < -0.39 is 28.8 Å². The van der Waals surface area contributed by atoms with Gasteiger partial charge in [-0.25, -0.2) is 9.18 Å². The number of esters is 1. The summed E-state index contributed by atoms with van der Waals surface area (Å²) in [7, 11) is 0. The summed E-state index contributed by atoms with van der Waals surface area (Å²) in [5.74, 6) is -3.57. The molecule has 1 aliphatic rings. The second kappa shape index (κ2) is 5.81. The Balaban J connectivity index is 2.18. The molecular weight excluding hydrogens is 368 g/mol. The van der Waals surface area contributed by atoms with E-state index in [-0.39, 0.29) is 28.8 Å². The van der Waals surface area contributed by atoms with E-state index in [1.54, 1.807) is 6.92 Å². The molecule has 1 aliphatic heterocycles. The van der Waals surface area contributed by atoms with Crippen molar-refractivity contribution in [1.82, 2.24) is 4.57 Å².